The Morgan fingerprint density at radius 2 is 1.45 bits per heavy atom. The number of aliphatic hydroxyl groups excluding tert-OH is 1. The Kier molecular flexibility index (Phi) is 3.63. The maximum atomic E-state index is 13.2. The van der Waals surface area contributed by atoms with Gasteiger partial charge < -0.3 is 5.11 Å². The topological polar surface area (TPSA) is 57.6 Å². The number of carbonyl (C=O) groups is 2. The molecule has 0 spiro atoms. The largest absolute Gasteiger partial charge is 0.388 e. The monoisotopic (exact) mass is 385 g/mol. The van der Waals surface area contributed by atoms with Gasteiger partial charge in [-0.3, -0.25) is 14.5 Å². The van der Waals surface area contributed by atoms with Crippen LogP contribution in [-0.4, -0.2) is 16.9 Å². The molecule has 4 aliphatic carbocycles. The minimum absolute atomic E-state index is 0.0396. The number of rotatable bonds is 4. The molecular weight excluding hydrogens is 362 g/mol. The van der Waals surface area contributed by atoms with Crippen LogP contribution in [-0.2, 0) is 16.0 Å². The van der Waals surface area contributed by atoms with Crippen molar-refractivity contribution in [2.24, 2.45) is 35.5 Å². The normalized spacial score (nSPS) is 34.9. The number of aliphatic hydroxyl groups is 1. The van der Waals surface area contributed by atoms with E-state index in [0.717, 1.165) is 11.1 Å². The van der Waals surface area contributed by atoms with Gasteiger partial charge in [0.15, 0.2) is 0 Å². The van der Waals surface area contributed by atoms with Crippen LogP contribution in [0.3, 0.4) is 0 Å². The molecule has 5 aliphatic rings. The highest BCUT2D eigenvalue weighted by atomic mass is 16.3. The van der Waals surface area contributed by atoms with Gasteiger partial charge in [0.1, 0.15) is 0 Å². The van der Waals surface area contributed by atoms with Gasteiger partial charge in [-0.15, -0.1) is 0 Å². The van der Waals surface area contributed by atoms with Crippen LogP contribution in [0.15, 0.2) is 66.7 Å². The third-order valence-corrected chi connectivity index (χ3v) is 7.47. The molecule has 2 saturated carbocycles. The maximum absolute atomic E-state index is 13.2. The van der Waals surface area contributed by atoms with E-state index in [-0.39, 0.29) is 35.5 Å². The number of amides is 2. The summed E-state index contributed by atoms with van der Waals surface area (Å²) >= 11 is 0. The summed E-state index contributed by atoms with van der Waals surface area (Å²) in [6.45, 7) is 0. The van der Waals surface area contributed by atoms with Gasteiger partial charge >= 0.3 is 0 Å². The van der Waals surface area contributed by atoms with Gasteiger partial charge in [0, 0.05) is 6.42 Å². The minimum atomic E-state index is -0.619. The average molecular weight is 385 g/mol. The molecule has 1 N–H and O–H groups in total. The highest BCUT2D eigenvalue weighted by Crippen LogP contribution is 2.65. The first-order valence-corrected chi connectivity index (χ1v) is 10.5. The molecule has 0 radical (unpaired) electrons. The molecule has 29 heavy (non-hydrogen) atoms. The molecule has 3 fully saturated rings. The van der Waals surface area contributed by atoms with Crippen molar-refractivity contribution in [2.75, 3.05) is 4.90 Å². The zero-order valence-corrected chi connectivity index (χ0v) is 16.0. The van der Waals surface area contributed by atoms with Crippen LogP contribution in [0, 0.1) is 35.5 Å². The van der Waals surface area contributed by atoms with E-state index in [4.69, 9.17) is 0 Å². The van der Waals surface area contributed by atoms with Crippen molar-refractivity contribution in [2.45, 2.75) is 18.9 Å². The third kappa shape index (κ3) is 2.48. The van der Waals surface area contributed by atoms with Crippen LogP contribution in [0.4, 0.5) is 5.69 Å². The maximum Gasteiger partial charge on any atom is 0.238 e. The number of anilines is 1. The van der Waals surface area contributed by atoms with Crippen molar-refractivity contribution in [3.63, 3.8) is 0 Å². The van der Waals surface area contributed by atoms with Crippen LogP contribution < -0.4 is 4.90 Å². The number of carbonyl (C=O) groups excluding carboxylic acids is 2. The van der Waals surface area contributed by atoms with Crippen molar-refractivity contribution in [3.8, 4) is 0 Å². The summed E-state index contributed by atoms with van der Waals surface area (Å²) < 4.78 is 0. The van der Waals surface area contributed by atoms with Crippen LogP contribution in [0.1, 0.15) is 23.7 Å². The lowest BCUT2D eigenvalue weighted by Gasteiger charge is -2.37. The summed E-state index contributed by atoms with van der Waals surface area (Å²) in [5.41, 5.74) is 2.48. The number of benzene rings is 2. The standard InChI is InChI=1S/C25H23NO3/c27-21(12-14-4-2-1-3-5-14)15-6-8-16(9-7-15)26-24(28)22-17-10-11-18(20-13-19(17)20)23(22)25(26)29/h1-11,17-23,27H,12-13H2/t17?,18?,19-,20?,21?,22?,23?/m1/s1. The molecule has 1 saturated heterocycles. The first kappa shape index (κ1) is 17.2. The van der Waals surface area contributed by atoms with Crippen molar-refractivity contribution < 1.29 is 14.7 Å². The second-order valence-electron chi connectivity index (χ2n) is 8.96. The molecule has 1 heterocycles. The van der Waals surface area contributed by atoms with E-state index >= 15 is 0 Å². The fourth-order valence-electron chi connectivity index (χ4n) is 6.01. The molecule has 146 valence electrons. The molecule has 7 atom stereocenters. The Labute approximate surface area is 169 Å². The Hall–Kier alpha value is -2.72. The highest BCUT2D eigenvalue weighted by molar-refractivity contribution is 6.22. The molecule has 4 heteroatoms. The second kappa shape index (κ2) is 6.14. The molecule has 6 unspecified atom stereocenters. The van der Waals surface area contributed by atoms with E-state index < -0.39 is 6.10 Å². The van der Waals surface area contributed by atoms with E-state index in [0.29, 0.717) is 23.9 Å². The predicted molar refractivity (Wildman–Crippen MR) is 109 cm³/mol. The molecule has 7 rings (SSSR count). The fourth-order valence-corrected chi connectivity index (χ4v) is 6.01. The quantitative estimate of drug-likeness (QED) is 0.647. The number of hydrogen-bond donors (Lipinski definition) is 1. The zero-order chi connectivity index (χ0) is 19.7. The van der Waals surface area contributed by atoms with Crippen molar-refractivity contribution in [1.82, 2.24) is 0 Å². The van der Waals surface area contributed by atoms with E-state index in [1.54, 1.807) is 12.1 Å². The van der Waals surface area contributed by atoms with Gasteiger partial charge in [-0.05, 0) is 53.4 Å². The number of imide groups is 1. The first-order chi connectivity index (χ1) is 14.1. The predicted octanol–water partition coefficient (Wildman–Crippen LogP) is 3.52. The molecule has 2 bridgehead atoms. The Morgan fingerprint density at radius 3 is 2.03 bits per heavy atom. The van der Waals surface area contributed by atoms with Gasteiger partial charge in [0.2, 0.25) is 11.8 Å². The van der Waals surface area contributed by atoms with Gasteiger partial charge in [-0.2, -0.15) is 0 Å². The molecule has 2 amide bonds. The Balaban J connectivity index is 1.24. The van der Waals surface area contributed by atoms with Gasteiger partial charge in [0.05, 0.1) is 23.6 Å². The van der Waals surface area contributed by atoms with Crippen molar-refractivity contribution >= 4 is 17.5 Å². The van der Waals surface area contributed by atoms with E-state index in [1.807, 2.05) is 42.5 Å². The molecule has 2 aromatic carbocycles. The smallest absolute Gasteiger partial charge is 0.238 e. The lowest BCUT2D eigenvalue weighted by atomic mass is 9.63. The lowest BCUT2D eigenvalue weighted by Crippen LogP contribution is -2.40. The van der Waals surface area contributed by atoms with E-state index in [2.05, 4.69) is 12.2 Å². The highest BCUT2D eigenvalue weighted by Gasteiger charge is 2.67. The number of allylic oxidation sites excluding steroid dienone is 2. The molecule has 0 aromatic heterocycles. The average Bonchev–Trinajstić information content (AvgIpc) is 3.53. The van der Waals surface area contributed by atoms with Gasteiger partial charge in [0.25, 0.3) is 0 Å². The van der Waals surface area contributed by atoms with Crippen LogP contribution in [0.5, 0.6) is 0 Å². The molecule has 4 nitrogen and oxygen atoms in total. The Morgan fingerprint density at radius 1 is 0.862 bits per heavy atom. The number of hydrogen-bond acceptors (Lipinski definition) is 3. The van der Waals surface area contributed by atoms with Crippen molar-refractivity contribution in [3.05, 3.63) is 77.9 Å². The summed E-state index contributed by atoms with van der Waals surface area (Å²) in [6.07, 6.45) is 5.47. The SMILES string of the molecule is O=C1C2C3C=CC(C2C(=O)N1c1ccc(C(O)Cc2ccccc2)cc1)[C@H]1CC31. The summed E-state index contributed by atoms with van der Waals surface area (Å²) in [6, 6.07) is 17.1. The van der Waals surface area contributed by atoms with Crippen molar-refractivity contribution in [1.29, 1.82) is 0 Å². The first-order valence-electron chi connectivity index (χ1n) is 10.5. The zero-order valence-electron chi connectivity index (χ0n) is 16.0. The van der Waals surface area contributed by atoms with Crippen LogP contribution in [0.2, 0.25) is 0 Å². The lowest BCUT2D eigenvalue weighted by molar-refractivity contribution is -0.124. The second-order valence-corrected chi connectivity index (χ2v) is 8.96. The van der Waals surface area contributed by atoms with E-state index in [9.17, 15) is 14.7 Å². The third-order valence-electron chi connectivity index (χ3n) is 7.47. The summed E-state index contributed by atoms with van der Waals surface area (Å²) in [5.74, 6) is 1.27. The van der Waals surface area contributed by atoms with E-state index in [1.165, 1.54) is 11.3 Å². The molecular formula is C25H23NO3. The van der Waals surface area contributed by atoms with Crippen LogP contribution >= 0.6 is 0 Å². The molecule has 2 aromatic rings. The summed E-state index contributed by atoms with van der Waals surface area (Å²) in [5, 5.41) is 10.6. The van der Waals surface area contributed by atoms with Crippen LogP contribution in [0.25, 0.3) is 0 Å². The summed E-state index contributed by atoms with van der Waals surface area (Å²) in [4.78, 5) is 27.8. The van der Waals surface area contributed by atoms with Gasteiger partial charge in [-0.25, -0.2) is 0 Å². The number of nitrogens with zero attached hydrogens (tertiary/aromatic N) is 1. The minimum Gasteiger partial charge on any atom is -0.388 e. The van der Waals surface area contributed by atoms with Gasteiger partial charge in [-0.1, -0.05) is 54.6 Å². The Bertz CT molecular complexity index is 976. The molecule has 1 aliphatic heterocycles. The summed E-state index contributed by atoms with van der Waals surface area (Å²) in [7, 11) is 0. The fraction of sp³-hybridized carbons (Fsp3) is 0.360.